The van der Waals surface area contributed by atoms with Crippen molar-refractivity contribution in [2.75, 3.05) is 19.3 Å². The Balaban J connectivity index is 1.55. The van der Waals surface area contributed by atoms with E-state index in [1.54, 1.807) is 6.20 Å². The fourth-order valence-electron chi connectivity index (χ4n) is 4.46. The van der Waals surface area contributed by atoms with Gasteiger partial charge >= 0.3 is 0 Å². The Labute approximate surface area is 178 Å². The first-order valence-corrected chi connectivity index (χ1v) is 12.2. The Hall–Kier alpha value is -1.97. The number of hydrogen-bond acceptors (Lipinski definition) is 6. The standard InChI is InChI=1S/C20H21BrN4O3S/c1-29(26,27)24-9-6-20(7-10-24)25-18(16-11-15(21)4-5-19(16)28-20)12-17(23-25)14-3-2-8-22-13-14/h2-5,8,11,13,18H,6-7,9-10,12H2,1H3/t18-/m0/s1. The van der Waals surface area contributed by atoms with Gasteiger partial charge < -0.3 is 4.74 Å². The second kappa shape index (κ2) is 6.78. The fourth-order valence-corrected chi connectivity index (χ4v) is 5.68. The Morgan fingerprint density at radius 1 is 1.24 bits per heavy atom. The molecule has 2 aromatic rings. The summed E-state index contributed by atoms with van der Waals surface area (Å²) in [5.41, 5.74) is 2.43. The van der Waals surface area contributed by atoms with E-state index in [9.17, 15) is 8.42 Å². The molecule has 1 spiro atoms. The SMILES string of the molecule is CS(=O)(=O)N1CCC2(CC1)Oc1ccc(Br)cc1[C@@H]1CC(c3cccnc3)=NN12. The second-order valence-electron chi connectivity index (χ2n) is 7.75. The molecule has 9 heteroatoms. The first kappa shape index (κ1) is 19.0. The zero-order chi connectivity index (χ0) is 20.2. The molecule has 0 amide bonds. The van der Waals surface area contributed by atoms with Crippen LogP contribution >= 0.6 is 15.9 Å². The van der Waals surface area contributed by atoms with Crippen LogP contribution in [-0.2, 0) is 10.0 Å². The molecule has 1 aromatic carbocycles. The van der Waals surface area contributed by atoms with Crippen molar-refractivity contribution in [3.63, 3.8) is 0 Å². The van der Waals surface area contributed by atoms with E-state index in [0.717, 1.165) is 33.5 Å². The minimum atomic E-state index is -3.21. The van der Waals surface area contributed by atoms with Crippen LogP contribution in [-0.4, -0.2) is 53.5 Å². The molecule has 1 fully saturated rings. The van der Waals surface area contributed by atoms with Crippen molar-refractivity contribution in [1.29, 1.82) is 0 Å². The van der Waals surface area contributed by atoms with Crippen molar-refractivity contribution in [2.24, 2.45) is 5.10 Å². The van der Waals surface area contributed by atoms with Crippen molar-refractivity contribution in [3.8, 4) is 5.75 Å². The third-order valence-electron chi connectivity index (χ3n) is 5.93. The van der Waals surface area contributed by atoms with Gasteiger partial charge in [0.1, 0.15) is 5.75 Å². The molecule has 3 aliphatic rings. The van der Waals surface area contributed by atoms with E-state index < -0.39 is 15.7 Å². The lowest BCUT2D eigenvalue weighted by Crippen LogP contribution is -2.59. The maximum atomic E-state index is 12.0. The lowest BCUT2D eigenvalue weighted by Gasteiger charge is -2.50. The van der Waals surface area contributed by atoms with Crippen LogP contribution in [0.1, 0.15) is 36.4 Å². The van der Waals surface area contributed by atoms with Gasteiger partial charge in [-0.3, -0.25) is 4.98 Å². The predicted octanol–water partition coefficient (Wildman–Crippen LogP) is 3.14. The van der Waals surface area contributed by atoms with Crippen molar-refractivity contribution in [2.45, 2.75) is 31.0 Å². The van der Waals surface area contributed by atoms with E-state index in [1.165, 1.54) is 10.6 Å². The summed E-state index contributed by atoms with van der Waals surface area (Å²) in [6.45, 7) is 0.845. The molecule has 0 aliphatic carbocycles. The summed E-state index contributed by atoms with van der Waals surface area (Å²) in [4.78, 5) is 4.23. The van der Waals surface area contributed by atoms with Crippen LogP contribution in [0.25, 0.3) is 0 Å². The first-order valence-electron chi connectivity index (χ1n) is 9.57. The van der Waals surface area contributed by atoms with Gasteiger partial charge in [-0.05, 0) is 24.3 Å². The molecule has 1 saturated heterocycles. The maximum Gasteiger partial charge on any atom is 0.211 e. The average Bonchev–Trinajstić information content (AvgIpc) is 3.16. The highest BCUT2D eigenvalue weighted by molar-refractivity contribution is 9.10. The summed E-state index contributed by atoms with van der Waals surface area (Å²) in [6, 6.07) is 10.0. The highest BCUT2D eigenvalue weighted by Gasteiger charge is 2.52. The molecule has 29 heavy (non-hydrogen) atoms. The zero-order valence-electron chi connectivity index (χ0n) is 16.0. The van der Waals surface area contributed by atoms with Crippen LogP contribution in [0.4, 0.5) is 0 Å². The van der Waals surface area contributed by atoms with E-state index in [4.69, 9.17) is 9.84 Å². The summed E-state index contributed by atoms with van der Waals surface area (Å²) in [7, 11) is -3.21. The number of halogens is 1. The summed E-state index contributed by atoms with van der Waals surface area (Å²) in [5.74, 6) is 0.852. The Morgan fingerprint density at radius 2 is 2.03 bits per heavy atom. The van der Waals surface area contributed by atoms with Gasteiger partial charge in [-0.1, -0.05) is 22.0 Å². The summed E-state index contributed by atoms with van der Waals surface area (Å²) in [6.07, 6.45) is 6.74. The van der Waals surface area contributed by atoms with Crippen LogP contribution in [0.5, 0.6) is 5.75 Å². The van der Waals surface area contributed by atoms with E-state index in [1.807, 2.05) is 30.5 Å². The van der Waals surface area contributed by atoms with Crippen LogP contribution in [0, 0.1) is 0 Å². The van der Waals surface area contributed by atoms with Crippen molar-refractivity contribution in [3.05, 3.63) is 58.3 Å². The smallest absolute Gasteiger partial charge is 0.211 e. The molecule has 3 aliphatic heterocycles. The Kier molecular flexibility index (Phi) is 4.45. The Bertz CT molecular complexity index is 1080. The zero-order valence-corrected chi connectivity index (χ0v) is 18.4. The normalized spacial score (nSPS) is 23.3. The Morgan fingerprint density at radius 3 is 2.72 bits per heavy atom. The van der Waals surface area contributed by atoms with Crippen LogP contribution in [0.15, 0.2) is 52.3 Å². The minimum Gasteiger partial charge on any atom is -0.466 e. The maximum absolute atomic E-state index is 12.0. The molecule has 4 heterocycles. The van der Waals surface area contributed by atoms with Gasteiger partial charge in [0.15, 0.2) is 0 Å². The number of nitrogens with zero attached hydrogens (tertiary/aromatic N) is 4. The van der Waals surface area contributed by atoms with Gasteiger partial charge in [0.25, 0.3) is 0 Å². The van der Waals surface area contributed by atoms with Crippen molar-refractivity contribution < 1.29 is 13.2 Å². The first-order chi connectivity index (χ1) is 13.9. The lowest BCUT2D eigenvalue weighted by molar-refractivity contribution is -0.143. The topological polar surface area (TPSA) is 75.1 Å². The molecule has 0 radical (unpaired) electrons. The highest BCUT2D eigenvalue weighted by Crippen LogP contribution is 2.50. The molecule has 0 unspecified atom stereocenters. The summed E-state index contributed by atoms with van der Waals surface area (Å²) < 4.78 is 33.0. The highest BCUT2D eigenvalue weighted by atomic mass is 79.9. The van der Waals surface area contributed by atoms with Crippen LogP contribution < -0.4 is 4.74 Å². The number of fused-ring (bicyclic) bond motifs is 4. The third kappa shape index (κ3) is 3.25. The number of pyridine rings is 1. The van der Waals surface area contributed by atoms with Gasteiger partial charge in [-0.15, -0.1) is 0 Å². The van der Waals surface area contributed by atoms with Gasteiger partial charge in [0, 0.05) is 60.3 Å². The van der Waals surface area contributed by atoms with Gasteiger partial charge in [-0.2, -0.15) is 5.10 Å². The van der Waals surface area contributed by atoms with E-state index in [0.29, 0.717) is 25.9 Å². The average molecular weight is 477 g/mol. The van der Waals surface area contributed by atoms with E-state index in [-0.39, 0.29) is 6.04 Å². The molecule has 0 saturated carbocycles. The fraction of sp³-hybridized carbons (Fsp3) is 0.400. The van der Waals surface area contributed by atoms with Gasteiger partial charge in [0.2, 0.25) is 15.7 Å². The third-order valence-corrected chi connectivity index (χ3v) is 7.72. The van der Waals surface area contributed by atoms with Gasteiger partial charge in [0.05, 0.1) is 18.0 Å². The molecular formula is C20H21BrN4O3S. The summed E-state index contributed by atoms with van der Waals surface area (Å²) in [5, 5.41) is 7.05. The molecule has 1 atom stereocenters. The molecule has 5 rings (SSSR count). The number of hydrazone groups is 1. The number of ether oxygens (including phenoxy) is 1. The van der Waals surface area contributed by atoms with E-state index >= 15 is 0 Å². The number of hydrogen-bond donors (Lipinski definition) is 0. The number of rotatable bonds is 2. The molecule has 1 aromatic heterocycles. The van der Waals surface area contributed by atoms with Gasteiger partial charge in [-0.25, -0.2) is 17.7 Å². The van der Waals surface area contributed by atoms with Crippen LogP contribution in [0.3, 0.4) is 0 Å². The largest absolute Gasteiger partial charge is 0.466 e. The monoisotopic (exact) mass is 476 g/mol. The number of piperidine rings is 1. The molecule has 0 N–H and O–H groups in total. The summed E-state index contributed by atoms with van der Waals surface area (Å²) >= 11 is 3.57. The predicted molar refractivity (Wildman–Crippen MR) is 113 cm³/mol. The molecule has 0 bridgehead atoms. The lowest BCUT2D eigenvalue weighted by atomic mass is 9.91. The van der Waals surface area contributed by atoms with Crippen LogP contribution in [0.2, 0.25) is 0 Å². The number of sulfonamides is 1. The minimum absolute atomic E-state index is 0.0521. The molecular weight excluding hydrogens is 456 g/mol. The van der Waals surface area contributed by atoms with Crippen molar-refractivity contribution >= 4 is 31.7 Å². The van der Waals surface area contributed by atoms with Crippen molar-refractivity contribution in [1.82, 2.24) is 14.3 Å². The second-order valence-corrected chi connectivity index (χ2v) is 10.6. The molecule has 152 valence electrons. The molecule has 7 nitrogen and oxygen atoms in total. The number of aromatic nitrogens is 1. The van der Waals surface area contributed by atoms with E-state index in [2.05, 4.69) is 32.0 Å². The quantitative estimate of drug-likeness (QED) is 0.665. The number of benzene rings is 1.